The number of nitrogens with one attached hydrogen (secondary N) is 2. The number of nitrogens with zero attached hydrogens (tertiary/aromatic N) is 1. The number of rotatable bonds is 9. The van der Waals surface area contributed by atoms with Gasteiger partial charge < -0.3 is 21.1 Å². The Balaban J connectivity index is 1.95. The molecule has 6 heteroatoms. The Morgan fingerprint density at radius 3 is 2.69 bits per heavy atom. The fourth-order valence-corrected chi connectivity index (χ4v) is 3.45. The second-order valence-corrected chi connectivity index (χ2v) is 7.01. The van der Waals surface area contributed by atoms with Gasteiger partial charge in [-0.25, -0.2) is 4.99 Å². The zero-order chi connectivity index (χ0) is 18.8. The number of guanidine groups is 1. The van der Waals surface area contributed by atoms with Crippen molar-refractivity contribution in [2.24, 2.45) is 16.1 Å². The van der Waals surface area contributed by atoms with E-state index < -0.39 is 5.91 Å². The number of amides is 1. The van der Waals surface area contributed by atoms with Gasteiger partial charge in [0.2, 0.25) is 0 Å². The first kappa shape index (κ1) is 20.1. The molecule has 0 aliphatic heterocycles. The van der Waals surface area contributed by atoms with Crippen LogP contribution in [-0.2, 0) is 11.3 Å². The normalized spacial score (nSPS) is 16.3. The molecule has 144 valence electrons. The molecule has 1 saturated carbocycles. The number of nitrogens with two attached hydrogens (primary N) is 1. The van der Waals surface area contributed by atoms with Gasteiger partial charge in [0.1, 0.15) is 5.75 Å². The zero-order valence-electron chi connectivity index (χ0n) is 16.0. The summed E-state index contributed by atoms with van der Waals surface area (Å²) in [6.07, 6.45) is 6.48. The minimum Gasteiger partial charge on any atom is -0.484 e. The summed E-state index contributed by atoms with van der Waals surface area (Å²) < 4.78 is 5.35. The Morgan fingerprint density at radius 2 is 2.04 bits per heavy atom. The lowest BCUT2D eigenvalue weighted by Gasteiger charge is -2.28. The van der Waals surface area contributed by atoms with E-state index in [1.165, 1.54) is 32.1 Å². The molecule has 0 aromatic heterocycles. The fourth-order valence-electron chi connectivity index (χ4n) is 3.45. The third kappa shape index (κ3) is 6.24. The molecule has 0 unspecified atom stereocenters. The quantitative estimate of drug-likeness (QED) is 0.466. The van der Waals surface area contributed by atoms with Crippen LogP contribution in [0.5, 0.6) is 5.75 Å². The second kappa shape index (κ2) is 10.0. The molecule has 1 aliphatic carbocycles. The summed E-state index contributed by atoms with van der Waals surface area (Å²) in [7, 11) is 0. The first-order valence-electron chi connectivity index (χ1n) is 9.59. The highest BCUT2D eigenvalue weighted by atomic mass is 16.5. The predicted molar refractivity (Wildman–Crippen MR) is 105 cm³/mol. The smallest absolute Gasteiger partial charge is 0.255 e. The standard InChI is InChI=1S/C20H32N4O2/c1-3-20(10-5-6-11-20)15-24-19(22-4-2)23-13-16-8-7-9-17(12-16)26-14-18(21)25/h7-9,12H,3-6,10-11,13-15H2,1-2H3,(H2,21,25)(H2,22,23,24). The van der Waals surface area contributed by atoms with E-state index in [4.69, 9.17) is 15.5 Å². The van der Waals surface area contributed by atoms with Crippen molar-refractivity contribution in [3.63, 3.8) is 0 Å². The minimum absolute atomic E-state index is 0.115. The first-order chi connectivity index (χ1) is 12.6. The maximum atomic E-state index is 10.8. The molecule has 0 spiro atoms. The van der Waals surface area contributed by atoms with Crippen LogP contribution < -0.4 is 21.1 Å². The molecule has 6 nitrogen and oxygen atoms in total. The van der Waals surface area contributed by atoms with Gasteiger partial charge in [-0.15, -0.1) is 0 Å². The van der Waals surface area contributed by atoms with Crippen molar-refractivity contribution < 1.29 is 9.53 Å². The van der Waals surface area contributed by atoms with Gasteiger partial charge in [-0.1, -0.05) is 31.9 Å². The van der Waals surface area contributed by atoms with Crippen LogP contribution in [0, 0.1) is 5.41 Å². The molecule has 0 atom stereocenters. The third-order valence-electron chi connectivity index (χ3n) is 5.09. The number of hydrogen-bond acceptors (Lipinski definition) is 3. The molecule has 1 amide bonds. The summed E-state index contributed by atoms with van der Waals surface area (Å²) in [5.41, 5.74) is 6.55. The summed E-state index contributed by atoms with van der Waals surface area (Å²) in [6, 6.07) is 7.59. The van der Waals surface area contributed by atoms with Crippen molar-refractivity contribution in [2.75, 3.05) is 19.7 Å². The van der Waals surface area contributed by atoms with Gasteiger partial charge in [-0.3, -0.25) is 4.79 Å². The molecule has 0 bridgehead atoms. The van der Waals surface area contributed by atoms with Crippen molar-refractivity contribution >= 4 is 11.9 Å². The van der Waals surface area contributed by atoms with E-state index >= 15 is 0 Å². The van der Waals surface area contributed by atoms with Crippen LogP contribution in [0.15, 0.2) is 29.3 Å². The highest BCUT2D eigenvalue weighted by Crippen LogP contribution is 2.40. The molecule has 1 aromatic rings. The Kier molecular flexibility index (Phi) is 7.75. The lowest BCUT2D eigenvalue weighted by Crippen LogP contribution is -2.42. The molecule has 4 N–H and O–H groups in total. The topological polar surface area (TPSA) is 88.7 Å². The molecular weight excluding hydrogens is 328 g/mol. The van der Waals surface area contributed by atoms with E-state index in [9.17, 15) is 4.79 Å². The SMILES string of the molecule is CCNC(=NCc1cccc(OCC(N)=O)c1)NCC1(CC)CCCC1. The minimum atomic E-state index is -0.483. The van der Waals surface area contributed by atoms with Crippen LogP contribution in [0.2, 0.25) is 0 Å². The lowest BCUT2D eigenvalue weighted by molar-refractivity contribution is -0.119. The molecule has 1 fully saturated rings. The molecular formula is C20H32N4O2. The van der Waals surface area contributed by atoms with Crippen LogP contribution in [0.4, 0.5) is 0 Å². The maximum Gasteiger partial charge on any atom is 0.255 e. The van der Waals surface area contributed by atoms with Crippen LogP contribution >= 0.6 is 0 Å². The summed E-state index contributed by atoms with van der Waals surface area (Å²) in [5, 5.41) is 6.85. The number of aliphatic imine (C=N–C) groups is 1. The average Bonchev–Trinajstić information content (AvgIpc) is 3.12. The molecule has 0 radical (unpaired) electrons. The molecule has 1 aliphatic rings. The Hall–Kier alpha value is -2.24. The van der Waals surface area contributed by atoms with E-state index in [1.54, 1.807) is 0 Å². The summed E-state index contributed by atoms with van der Waals surface area (Å²) in [5.74, 6) is 0.991. The maximum absolute atomic E-state index is 10.8. The fraction of sp³-hybridized carbons (Fsp3) is 0.600. The van der Waals surface area contributed by atoms with E-state index in [-0.39, 0.29) is 6.61 Å². The monoisotopic (exact) mass is 360 g/mol. The largest absolute Gasteiger partial charge is 0.484 e. The highest BCUT2D eigenvalue weighted by Gasteiger charge is 2.31. The zero-order valence-corrected chi connectivity index (χ0v) is 16.0. The van der Waals surface area contributed by atoms with Crippen molar-refractivity contribution in [1.29, 1.82) is 0 Å². The van der Waals surface area contributed by atoms with Gasteiger partial charge in [0.05, 0.1) is 6.54 Å². The Labute approximate surface area is 156 Å². The van der Waals surface area contributed by atoms with Gasteiger partial charge in [0.25, 0.3) is 5.91 Å². The Bertz CT molecular complexity index is 610. The number of primary amides is 1. The van der Waals surface area contributed by atoms with Crippen LogP contribution in [-0.4, -0.2) is 31.6 Å². The lowest BCUT2D eigenvalue weighted by atomic mass is 9.83. The number of carbonyl (C=O) groups is 1. The first-order valence-corrected chi connectivity index (χ1v) is 9.59. The number of benzene rings is 1. The molecule has 26 heavy (non-hydrogen) atoms. The van der Waals surface area contributed by atoms with Crippen molar-refractivity contribution in [3.8, 4) is 5.75 Å². The van der Waals surface area contributed by atoms with E-state index in [0.717, 1.165) is 24.6 Å². The second-order valence-electron chi connectivity index (χ2n) is 7.01. The van der Waals surface area contributed by atoms with Gasteiger partial charge in [-0.05, 0) is 49.3 Å². The van der Waals surface area contributed by atoms with E-state index in [1.807, 2.05) is 24.3 Å². The van der Waals surface area contributed by atoms with E-state index in [2.05, 4.69) is 24.5 Å². The van der Waals surface area contributed by atoms with Gasteiger partial charge >= 0.3 is 0 Å². The van der Waals surface area contributed by atoms with E-state index in [0.29, 0.717) is 17.7 Å². The van der Waals surface area contributed by atoms with Crippen molar-refractivity contribution in [3.05, 3.63) is 29.8 Å². The molecule has 2 rings (SSSR count). The van der Waals surface area contributed by atoms with Crippen molar-refractivity contribution in [1.82, 2.24) is 10.6 Å². The number of ether oxygens (including phenoxy) is 1. The molecule has 0 saturated heterocycles. The summed E-state index contributed by atoms with van der Waals surface area (Å²) in [6.45, 7) is 6.58. The van der Waals surface area contributed by atoms with Crippen LogP contribution in [0.1, 0.15) is 51.5 Å². The molecule has 0 heterocycles. The van der Waals surface area contributed by atoms with Gasteiger partial charge in [-0.2, -0.15) is 0 Å². The summed E-state index contributed by atoms with van der Waals surface area (Å²) in [4.78, 5) is 15.5. The number of hydrogen-bond donors (Lipinski definition) is 3. The number of carbonyl (C=O) groups excluding carboxylic acids is 1. The molecule has 1 aromatic carbocycles. The van der Waals surface area contributed by atoms with Crippen LogP contribution in [0.3, 0.4) is 0 Å². The third-order valence-corrected chi connectivity index (χ3v) is 5.09. The predicted octanol–water partition coefficient (Wildman–Crippen LogP) is 2.58. The van der Waals surface area contributed by atoms with Crippen molar-refractivity contribution in [2.45, 2.75) is 52.5 Å². The van der Waals surface area contributed by atoms with Gasteiger partial charge in [0, 0.05) is 13.1 Å². The average molecular weight is 361 g/mol. The Morgan fingerprint density at radius 1 is 1.27 bits per heavy atom. The summed E-state index contributed by atoms with van der Waals surface area (Å²) >= 11 is 0. The van der Waals surface area contributed by atoms with Crippen LogP contribution in [0.25, 0.3) is 0 Å². The van der Waals surface area contributed by atoms with Gasteiger partial charge in [0.15, 0.2) is 12.6 Å². The highest BCUT2D eigenvalue weighted by molar-refractivity contribution is 5.79.